The van der Waals surface area contributed by atoms with E-state index in [2.05, 4.69) is 20.7 Å². The monoisotopic (exact) mass is 307 g/mol. The maximum Gasteiger partial charge on any atom is 0.191 e. The summed E-state index contributed by atoms with van der Waals surface area (Å²) in [6, 6.07) is 5.38. The van der Waals surface area contributed by atoms with Crippen LogP contribution < -0.4 is 16.6 Å². The van der Waals surface area contributed by atoms with E-state index in [-0.39, 0.29) is 5.82 Å². The predicted octanol–water partition coefficient (Wildman–Crippen LogP) is 2.85. The van der Waals surface area contributed by atoms with E-state index in [4.69, 9.17) is 5.84 Å². The van der Waals surface area contributed by atoms with Crippen LogP contribution >= 0.6 is 11.8 Å². The lowest BCUT2D eigenvalue weighted by Gasteiger charge is -2.10. The van der Waals surface area contributed by atoms with E-state index in [0.29, 0.717) is 34.5 Å². The maximum atomic E-state index is 13.6. The van der Waals surface area contributed by atoms with Crippen LogP contribution in [-0.4, -0.2) is 16.2 Å². The highest BCUT2D eigenvalue weighted by Gasteiger charge is 2.06. The number of aromatic nitrogens is 2. The maximum absolute atomic E-state index is 13.6. The highest BCUT2D eigenvalue weighted by atomic mass is 32.2. The van der Waals surface area contributed by atoms with Gasteiger partial charge >= 0.3 is 0 Å². The normalized spacial score (nSPS) is 10.5. The van der Waals surface area contributed by atoms with Crippen molar-refractivity contribution in [1.82, 2.24) is 9.97 Å². The van der Waals surface area contributed by atoms with Gasteiger partial charge in [0.2, 0.25) is 0 Å². The van der Waals surface area contributed by atoms with Gasteiger partial charge in [0.25, 0.3) is 0 Å². The predicted molar refractivity (Wildman–Crippen MR) is 84.8 cm³/mol. The Morgan fingerprint density at radius 1 is 1.14 bits per heavy atom. The molecule has 2 rings (SSSR count). The van der Waals surface area contributed by atoms with Gasteiger partial charge in [-0.25, -0.2) is 20.2 Å². The smallest absolute Gasteiger partial charge is 0.191 e. The zero-order valence-corrected chi connectivity index (χ0v) is 13.0. The fourth-order valence-corrected chi connectivity index (χ4v) is 2.39. The van der Waals surface area contributed by atoms with Crippen molar-refractivity contribution >= 4 is 23.4 Å². The second-order valence-electron chi connectivity index (χ2n) is 4.67. The van der Waals surface area contributed by atoms with E-state index in [1.807, 2.05) is 18.4 Å². The molecule has 0 aliphatic rings. The van der Waals surface area contributed by atoms with E-state index < -0.39 is 0 Å². The SMILES string of the molecule is CSc1nc(NN)cc(NCc2cc(C)c(F)c(C)c2)n1. The minimum Gasteiger partial charge on any atom is -0.366 e. The number of halogens is 1. The average Bonchev–Trinajstić information content (AvgIpc) is 2.49. The molecule has 4 N–H and O–H groups in total. The lowest BCUT2D eigenvalue weighted by atomic mass is 10.1. The Hall–Kier alpha value is -1.86. The molecule has 0 aliphatic heterocycles. The molecule has 0 saturated heterocycles. The summed E-state index contributed by atoms with van der Waals surface area (Å²) >= 11 is 1.43. The van der Waals surface area contributed by atoms with Crippen molar-refractivity contribution in [2.75, 3.05) is 17.0 Å². The van der Waals surface area contributed by atoms with Crippen molar-refractivity contribution in [2.45, 2.75) is 25.5 Å². The Kier molecular flexibility index (Phi) is 4.98. The summed E-state index contributed by atoms with van der Waals surface area (Å²) in [5.41, 5.74) is 4.79. The molecule has 1 aromatic carbocycles. The summed E-state index contributed by atoms with van der Waals surface area (Å²) in [5, 5.41) is 3.83. The molecular weight excluding hydrogens is 289 g/mol. The molecule has 0 radical (unpaired) electrons. The number of rotatable bonds is 5. The highest BCUT2D eigenvalue weighted by molar-refractivity contribution is 7.98. The van der Waals surface area contributed by atoms with Crippen LogP contribution in [-0.2, 0) is 6.54 Å². The molecule has 0 unspecified atom stereocenters. The molecule has 0 amide bonds. The zero-order valence-electron chi connectivity index (χ0n) is 12.2. The topological polar surface area (TPSA) is 75.9 Å². The molecule has 2 aromatic rings. The number of hydrogen-bond acceptors (Lipinski definition) is 6. The average molecular weight is 307 g/mol. The first kappa shape index (κ1) is 15.5. The number of nitrogens with one attached hydrogen (secondary N) is 2. The number of aryl methyl sites for hydroxylation is 2. The third-order valence-electron chi connectivity index (χ3n) is 3.01. The molecular formula is C14H18FN5S. The summed E-state index contributed by atoms with van der Waals surface area (Å²) in [6.07, 6.45) is 1.89. The van der Waals surface area contributed by atoms with Gasteiger partial charge in [0.1, 0.15) is 17.5 Å². The standard InChI is InChI=1S/C14H18FN5S/c1-8-4-10(5-9(2)13(8)15)7-17-11-6-12(20-16)19-14(18-11)21-3/h4-6H,7,16H2,1-3H3,(H2,17,18,19,20). The van der Waals surface area contributed by atoms with E-state index in [0.717, 1.165) is 5.56 Å². The van der Waals surface area contributed by atoms with E-state index in [1.54, 1.807) is 19.9 Å². The van der Waals surface area contributed by atoms with Gasteiger partial charge < -0.3 is 10.7 Å². The number of hydrogen-bond donors (Lipinski definition) is 3. The summed E-state index contributed by atoms with van der Waals surface area (Å²) in [6.45, 7) is 4.08. The second kappa shape index (κ2) is 6.73. The Labute approximate surface area is 127 Å². The number of thioether (sulfide) groups is 1. The van der Waals surface area contributed by atoms with Crippen molar-refractivity contribution in [1.29, 1.82) is 0 Å². The fourth-order valence-electron chi connectivity index (χ4n) is 2.01. The molecule has 1 aromatic heterocycles. The van der Waals surface area contributed by atoms with Gasteiger partial charge in [-0.1, -0.05) is 23.9 Å². The van der Waals surface area contributed by atoms with Crippen LogP contribution in [0, 0.1) is 19.7 Å². The van der Waals surface area contributed by atoms with Gasteiger partial charge in [0.05, 0.1) is 0 Å². The van der Waals surface area contributed by atoms with Crippen molar-refractivity contribution < 1.29 is 4.39 Å². The van der Waals surface area contributed by atoms with Crippen molar-refractivity contribution in [3.8, 4) is 0 Å². The molecule has 0 aliphatic carbocycles. The molecule has 112 valence electrons. The van der Waals surface area contributed by atoms with Gasteiger partial charge in [0, 0.05) is 12.6 Å². The van der Waals surface area contributed by atoms with Gasteiger partial charge in [0.15, 0.2) is 5.16 Å². The van der Waals surface area contributed by atoms with Crippen molar-refractivity contribution in [3.63, 3.8) is 0 Å². The van der Waals surface area contributed by atoms with Crippen LogP contribution in [0.2, 0.25) is 0 Å². The Balaban J connectivity index is 2.16. The van der Waals surface area contributed by atoms with E-state index >= 15 is 0 Å². The second-order valence-corrected chi connectivity index (χ2v) is 5.44. The van der Waals surface area contributed by atoms with Crippen molar-refractivity contribution in [3.05, 3.63) is 40.7 Å². The summed E-state index contributed by atoms with van der Waals surface area (Å²) in [4.78, 5) is 8.54. The minimum atomic E-state index is -0.153. The quantitative estimate of drug-likeness (QED) is 0.341. The largest absolute Gasteiger partial charge is 0.366 e. The summed E-state index contributed by atoms with van der Waals surface area (Å²) in [5.74, 6) is 6.45. The molecule has 0 spiro atoms. The van der Waals surface area contributed by atoms with Crippen molar-refractivity contribution in [2.24, 2.45) is 5.84 Å². The molecule has 1 heterocycles. The molecule has 0 fully saturated rings. The van der Waals surface area contributed by atoms with Gasteiger partial charge in [-0.2, -0.15) is 0 Å². The number of benzene rings is 1. The summed E-state index contributed by atoms with van der Waals surface area (Å²) in [7, 11) is 0. The minimum absolute atomic E-state index is 0.153. The summed E-state index contributed by atoms with van der Waals surface area (Å²) < 4.78 is 13.6. The Bertz CT molecular complexity index is 602. The third kappa shape index (κ3) is 3.83. The number of anilines is 2. The number of nitrogen functional groups attached to an aromatic ring is 1. The van der Waals surface area contributed by atoms with Crippen LogP contribution in [0.5, 0.6) is 0 Å². The molecule has 21 heavy (non-hydrogen) atoms. The molecule has 0 bridgehead atoms. The van der Waals surface area contributed by atoms with Gasteiger partial charge in [-0.05, 0) is 36.8 Å². The first-order valence-corrected chi connectivity index (χ1v) is 7.65. The first-order valence-electron chi connectivity index (χ1n) is 6.42. The van der Waals surface area contributed by atoms with Crippen LogP contribution in [0.3, 0.4) is 0 Å². The van der Waals surface area contributed by atoms with E-state index in [9.17, 15) is 4.39 Å². The van der Waals surface area contributed by atoms with Gasteiger partial charge in [-0.3, -0.25) is 0 Å². The highest BCUT2D eigenvalue weighted by Crippen LogP contribution is 2.19. The number of nitrogens with zero attached hydrogens (tertiary/aromatic N) is 2. The van der Waals surface area contributed by atoms with Crippen LogP contribution in [0.4, 0.5) is 16.0 Å². The molecule has 0 atom stereocenters. The van der Waals surface area contributed by atoms with Crippen LogP contribution in [0.15, 0.2) is 23.4 Å². The van der Waals surface area contributed by atoms with Crippen LogP contribution in [0.25, 0.3) is 0 Å². The third-order valence-corrected chi connectivity index (χ3v) is 3.55. The zero-order chi connectivity index (χ0) is 15.4. The van der Waals surface area contributed by atoms with Crippen LogP contribution in [0.1, 0.15) is 16.7 Å². The molecule has 5 nitrogen and oxygen atoms in total. The Morgan fingerprint density at radius 3 is 2.33 bits per heavy atom. The number of nitrogens with two attached hydrogens (primary N) is 1. The molecule has 7 heteroatoms. The number of hydrazine groups is 1. The Morgan fingerprint density at radius 2 is 1.76 bits per heavy atom. The lowest BCUT2D eigenvalue weighted by Crippen LogP contribution is -2.11. The van der Waals surface area contributed by atoms with Gasteiger partial charge in [-0.15, -0.1) is 0 Å². The molecule has 0 saturated carbocycles. The lowest BCUT2D eigenvalue weighted by molar-refractivity contribution is 0.608. The first-order chi connectivity index (χ1) is 10.0. The van der Waals surface area contributed by atoms with E-state index in [1.165, 1.54) is 11.8 Å². The fraction of sp³-hybridized carbons (Fsp3) is 0.286.